The summed E-state index contributed by atoms with van der Waals surface area (Å²) in [5.41, 5.74) is 2.55. The van der Waals surface area contributed by atoms with Gasteiger partial charge in [-0.05, 0) is 44.0 Å². The number of hydrogen-bond donors (Lipinski definition) is 1. The highest BCUT2D eigenvalue weighted by Crippen LogP contribution is 2.25. The molecule has 0 saturated carbocycles. The molecule has 0 radical (unpaired) electrons. The second kappa shape index (κ2) is 5.21. The SMILES string of the molecule is CNC(=O)C(C)Sc1ccc(C)c(C)c1. The zero-order chi connectivity index (χ0) is 11.4. The Morgan fingerprint density at radius 3 is 2.53 bits per heavy atom. The van der Waals surface area contributed by atoms with Crippen LogP contribution >= 0.6 is 11.8 Å². The highest BCUT2D eigenvalue weighted by molar-refractivity contribution is 8.00. The maximum Gasteiger partial charge on any atom is 0.232 e. The van der Waals surface area contributed by atoms with Crippen LogP contribution < -0.4 is 5.32 Å². The molecular weight excluding hydrogens is 206 g/mol. The Bertz CT molecular complexity index is 363. The molecular formula is C12H17NOS. The standard InChI is InChI=1S/C12H17NOS/c1-8-5-6-11(7-9(8)2)15-10(3)12(14)13-4/h5-7,10H,1-4H3,(H,13,14). The number of nitrogens with one attached hydrogen (secondary N) is 1. The van der Waals surface area contributed by atoms with Crippen LogP contribution in [0, 0.1) is 13.8 Å². The molecule has 1 N–H and O–H groups in total. The van der Waals surface area contributed by atoms with Crippen molar-refractivity contribution >= 4 is 17.7 Å². The van der Waals surface area contributed by atoms with Crippen molar-refractivity contribution in [3.63, 3.8) is 0 Å². The minimum atomic E-state index is -0.0443. The monoisotopic (exact) mass is 223 g/mol. The van der Waals surface area contributed by atoms with E-state index in [1.807, 2.05) is 6.92 Å². The lowest BCUT2D eigenvalue weighted by atomic mass is 10.1. The zero-order valence-electron chi connectivity index (χ0n) is 9.63. The van der Waals surface area contributed by atoms with Crippen molar-refractivity contribution in [1.82, 2.24) is 5.32 Å². The van der Waals surface area contributed by atoms with Gasteiger partial charge in [-0.1, -0.05) is 6.07 Å². The van der Waals surface area contributed by atoms with Gasteiger partial charge in [0.2, 0.25) is 5.91 Å². The van der Waals surface area contributed by atoms with Crippen LogP contribution in [0.25, 0.3) is 0 Å². The fourth-order valence-corrected chi connectivity index (χ4v) is 2.27. The van der Waals surface area contributed by atoms with Crippen molar-refractivity contribution in [1.29, 1.82) is 0 Å². The molecule has 1 unspecified atom stereocenters. The topological polar surface area (TPSA) is 29.1 Å². The van der Waals surface area contributed by atoms with Crippen LogP contribution in [0.1, 0.15) is 18.1 Å². The van der Waals surface area contributed by atoms with E-state index in [0.717, 1.165) is 4.90 Å². The number of carbonyl (C=O) groups is 1. The number of benzene rings is 1. The molecule has 0 saturated heterocycles. The molecule has 0 aliphatic carbocycles. The smallest absolute Gasteiger partial charge is 0.232 e. The van der Waals surface area contributed by atoms with Crippen molar-refractivity contribution in [2.75, 3.05) is 7.05 Å². The Hall–Kier alpha value is -0.960. The van der Waals surface area contributed by atoms with E-state index in [9.17, 15) is 4.79 Å². The van der Waals surface area contributed by atoms with Gasteiger partial charge in [0, 0.05) is 11.9 Å². The first-order chi connectivity index (χ1) is 7.04. The number of amides is 1. The Kier molecular flexibility index (Phi) is 4.21. The van der Waals surface area contributed by atoms with Gasteiger partial charge in [0.1, 0.15) is 0 Å². The van der Waals surface area contributed by atoms with E-state index in [4.69, 9.17) is 0 Å². The summed E-state index contributed by atoms with van der Waals surface area (Å²) >= 11 is 1.59. The van der Waals surface area contributed by atoms with Gasteiger partial charge in [-0.2, -0.15) is 0 Å². The Morgan fingerprint density at radius 2 is 2.00 bits per heavy atom. The normalized spacial score (nSPS) is 12.3. The van der Waals surface area contributed by atoms with Crippen molar-refractivity contribution < 1.29 is 4.79 Å². The molecule has 3 heteroatoms. The van der Waals surface area contributed by atoms with Gasteiger partial charge in [0.15, 0.2) is 0 Å². The number of hydrogen-bond acceptors (Lipinski definition) is 2. The summed E-state index contributed by atoms with van der Waals surface area (Å²) in [5.74, 6) is 0.0678. The van der Waals surface area contributed by atoms with E-state index in [0.29, 0.717) is 0 Å². The summed E-state index contributed by atoms with van der Waals surface area (Å²) in [5, 5.41) is 2.61. The Labute approximate surface area is 95.5 Å². The van der Waals surface area contributed by atoms with Crippen molar-refractivity contribution in [3.8, 4) is 0 Å². The third kappa shape index (κ3) is 3.27. The van der Waals surface area contributed by atoms with Gasteiger partial charge in [-0.3, -0.25) is 4.79 Å². The molecule has 1 atom stereocenters. The minimum Gasteiger partial charge on any atom is -0.358 e. The lowest BCUT2D eigenvalue weighted by Gasteiger charge is -2.10. The van der Waals surface area contributed by atoms with Gasteiger partial charge in [0.05, 0.1) is 5.25 Å². The van der Waals surface area contributed by atoms with Crippen molar-refractivity contribution in [2.24, 2.45) is 0 Å². The van der Waals surface area contributed by atoms with Crippen LogP contribution in [0.4, 0.5) is 0 Å². The number of aryl methyl sites for hydroxylation is 2. The summed E-state index contributed by atoms with van der Waals surface area (Å²) in [6, 6.07) is 6.28. The van der Waals surface area contributed by atoms with E-state index in [1.54, 1.807) is 18.8 Å². The molecule has 15 heavy (non-hydrogen) atoms. The van der Waals surface area contributed by atoms with Gasteiger partial charge in [0.25, 0.3) is 0 Å². The van der Waals surface area contributed by atoms with Crippen molar-refractivity contribution in [2.45, 2.75) is 30.9 Å². The molecule has 1 rings (SSSR count). The van der Waals surface area contributed by atoms with Gasteiger partial charge < -0.3 is 5.32 Å². The summed E-state index contributed by atoms with van der Waals surface area (Å²) < 4.78 is 0. The van der Waals surface area contributed by atoms with Crippen LogP contribution in [-0.2, 0) is 4.79 Å². The largest absolute Gasteiger partial charge is 0.358 e. The average Bonchev–Trinajstić information content (AvgIpc) is 2.22. The third-order valence-electron chi connectivity index (χ3n) is 2.41. The van der Waals surface area contributed by atoms with Crippen LogP contribution in [0.5, 0.6) is 0 Å². The second-order valence-electron chi connectivity index (χ2n) is 3.62. The second-order valence-corrected chi connectivity index (χ2v) is 5.03. The van der Waals surface area contributed by atoms with Crippen molar-refractivity contribution in [3.05, 3.63) is 29.3 Å². The molecule has 1 aromatic rings. The lowest BCUT2D eigenvalue weighted by molar-refractivity contribution is -0.119. The Morgan fingerprint density at radius 1 is 1.33 bits per heavy atom. The first-order valence-corrected chi connectivity index (χ1v) is 5.88. The summed E-state index contributed by atoms with van der Waals surface area (Å²) in [6.45, 7) is 6.09. The fraction of sp³-hybridized carbons (Fsp3) is 0.417. The molecule has 1 amide bonds. The first-order valence-electron chi connectivity index (χ1n) is 5.00. The first kappa shape index (κ1) is 12.1. The van der Waals surface area contributed by atoms with Crippen LogP contribution in [0.15, 0.2) is 23.1 Å². The van der Waals surface area contributed by atoms with Crippen LogP contribution in [0.3, 0.4) is 0 Å². The van der Waals surface area contributed by atoms with Crippen LogP contribution in [-0.4, -0.2) is 18.2 Å². The highest BCUT2D eigenvalue weighted by Gasteiger charge is 2.12. The number of carbonyl (C=O) groups excluding carboxylic acids is 1. The highest BCUT2D eigenvalue weighted by atomic mass is 32.2. The molecule has 0 fully saturated rings. The average molecular weight is 223 g/mol. The quantitative estimate of drug-likeness (QED) is 0.798. The van der Waals surface area contributed by atoms with E-state index in [1.165, 1.54) is 11.1 Å². The van der Waals surface area contributed by atoms with Gasteiger partial charge >= 0.3 is 0 Å². The molecule has 0 aromatic heterocycles. The number of thioether (sulfide) groups is 1. The van der Waals surface area contributed by atoms with E-state index < -0.39 is 0 Å². The summed E-state index contributed by atoms with van der Waals surface area (Å²) in [7, 11) is 1.67. The zero-order valence-corrected chi connectivity index (χ0v) is 10.4. The fourth-order valence-electron chi connectivity index (χ4n) is 1.25. The van der Waals surface area contributed by atoms with E-state index in [-0.39, 0.29) is 11.2 Å². The van der Waals surface area contributed by atoms with E-state index >= 15 is 0 Å². The molecule has 2 nitrogen and oxygen atoms in total. The molecule has 0 aliphatic rings. The van der Waals surface area contributed by atoms with Gasteiger partial charge in [-0.25, -0.2) is 0 Å². The van der Waals surface area contributed by atoms with Crippen LogP contribution in [0.2, 0.25) is 0 Å². The predicted molar refractivity (Wildman–Crippen MR) is 65.3 cm³/mol. The number of rotatable bonds is 3. The molecule has 82 valence electrons. The maximum absolute atomic E-state index is 11.3. The molecule has 0 heterocycles. The maximum atomic E-state index is 11.3. The Balaban J connectivity index is 2.73. The molecule has 0 bridgehead atoms. The summed E-state index contributed by atoms with van der Waals surface area (Å²) in [6.07, 6.45) is 0. The summed E-state index contributed by atoms with van der Waals surface area (Å²) in [4.78, 5) is 12.5. The van der Waals surface area contributed by atoms with E-state index in [2.05, 4.69) is 37.4 Å². The minimum absolute atomic E-state index is 0.0443. The third-order valence-corrected chi connectivity index (χ3v) is 3.50. The predicted octanol–water partition coefficient (Wildman–Crippen LogP) is 2.53. The molecule has 1 aromatic carbocycles. The molecule has 0 aliphatic heterocycles. The lowest BCUT2D eigenvalue weighted by Crippen LogP contribution is -2.27. The molecule has 0 spiro atoms. The van der Waals surface area contributed by atoms with Gasteiger partial charge in [-0.15, -0.1) is 11.8 Å².